The molecule has 1 saturated heterocycles. The zero-order valence-corrected chi connectivity index (χ0v) is 14.3. The van der Waals surface area contributed by atoms with Crippen LogP contribution in [-0.4, -0.2) is 57.1 Å². The standard InChI is InChI=1S/C15H23ClN4O2/c1-11-9-19(10-12-13(16)18-6-5-17-12)7-8-20(11)14(21)22-15(2,3)4/h5-6,11H,7-10H2,1-4H3. The largest absolute Gasteiger partial charge is 0.444 e. The number of carbonyl (C=O) groups excluding carboxylic acids is 1. The summed E-state index contributed by atoms with van der Waals surface area (Å²) in [5.74, 6) is 0. The molecule has 1 aromatic heterocycles. The molecule has 1 unspecified atom stereocenters. The second-order valence-electron chi connectivity index (χ2n) is 6.55. The summed E-state index contributed by atoms with van der Waals surface area (Å²) in [6.07, 6.45) is 2.97. The van der Waals surface area contributed by atoms with Gasteiger partial charge in [0.05, 0.1) is 5.69 Å². The molecular weight excluding hydrogens is 304 g/mol. The summed E-state index contributed by atoms with van der Waals surface area (Å²) in [7, 11) is 0. The minimum atomic E-state index is -0.471. The van der Waals surface area contributed by atoms with Crippen LogP contribution in [0.4, 0.5) is 4.79 Å². The molecule has 0 aliphatic carbocycles. The highest BCUT2D eigenvalue weighted by Crippen LogP contribution is 2.18. The van der Waals surface area contributed by atoms with Crippen molar-refractivity contribution in [1.82, 2.24) is 19.8 Å². The Morgan fingerprint density at radius 3 is 2.64 bits per heavy atom. The van der Waals surface area contributed by atoms with E-state index < -0.39 is 5.60 Å². The lowest BCUT2D eigenvalue weighted by molar-refractivity contribution is 0.000426. The fourth-order valence-corrected chi connectivity index (χ4v) is 2.60. The third-order valence-corrected chi connectivity index (χ3v) is 3.75. The first-order valence-corrected chi connectivity index (χ1v) is 7.81. The number of piperazine rings is 1. The van der Waals surface area contributed by atoms with Crippen LogP contribution in [-0.2, 0) is 11.3 Å². The van der Waals surface area contributed by atoms with E-state index >= 15 is 0 Å². The van der Waals surface area contributed by atoms with Crippen molar-refractivity contribution in [3.8, 4) is 0 Å². The van der Waals surface area contributed by atoms with E-state index in [4.69, 9.17) is 16.3 Å². The monoisotopic (exact) mass is 326 g/mol. The molecule has 6 nitrogen and oxygen atoms in total. The van der Waals surface area contributed by atoms with Gasteiger partial charge in [-0.3, -0.25) is 9.88 Å². The first-order chi connectivity index (χ1) is 10.3. The second kappa shape index (κ2) is 6.79. The molecule has 2 rings (SSSR count). The highest BCUT2D eigenvalue weighted by atomic mass is 35.5. The zero-order chi connectivity index (χ0) is 16.3. The highest BCUT2D eigenvalue weighted by molar-refractivity contribution is 6.29. The van der Waals surface area contributed by atoms with Crippen LogP contribution in [0.25, 0.3) is 0 Å². The Hall–Kier alpha value is -1.40. The minimum Gasteiger partial charge on any atom is -0.444 e. The van der Waals surface area contributed by atoms with E-state index in [1.807, 2.05) is 27.7 Å². The summed E-state index contributed by atoms with van der Waals surface area (Å²) in [6.45, 7) is 10.4. The van der Waals surface area contributed by atoms with E-state index in [9.17, 15) is 4.79 Å². The normalized spacial score (nSPS) is 20.0. The Bertz CT molecular complexity index is 533. The van der Waals surface area contributed by atoms with E-state index in [2.05, 4.69) is 14.9 Å². The van der Waals surface area contributed by atoms with Gasteiger partial charge in [0.15, 0.2) is 5.15 Å². The maximum Gasteiger partial charge on any atom is 0.410 e. The molecule has 7 heteroatoms. The van der Waals surface area contributed by atoms with Crippen LogP contribution in [0.1, 0.15) is 33.4 Å². The average Bonchev–Trinajstić information content (AvgIpc) is 2.39. The first-order valence-electron chi connectivity index (χ1n) is 7.43. The van der Waals surface area contributed by atoms with Crippen LogP contribution in [0.2, 0.25) is 5.15 Å². The number of carbonyl (C=O) groups is 1. The van der Waals surface area contributed by atoms with E-state index in [0.717, 1.165) is 18.8 Å². The molecular formula is C15H23ClN4O2. The van der Waals surface area contributed by atoms with Crippen LogP contribution < -0.4 is 0 Å². The lowest BCUT2D eigenvalue weighted by Gasteiger charge is -2.40. The van der Waals surface area contributed by atoms with Gasteiger partial charge in [0.2, 0.25) is 0 Å². The number of ether oxygens (including phenoxy) is 1. The molecule has 1 atom stereocenters. The molecule has 1 aliphatic rings. The summed E-state index contributed by atoms with van der Waals surface area (Å²) in [5, 5.41) is 0.435. The predicted molar refractivity (Wildman–Crippen MR) is 84.7 cm³/mol. The Morgan fingerprint density at radius 2 is 2.05 bits per heavy atom. The predicted octanol–water partition coefficient (Wildman–Crippen LogP) is 2.57. The third-order valence-electron chi connectivity index (χ3n) is 3.44. The fourth-order valence-electron chi connectivity index (χ4n) is 2.44. The molecule has 0 radical (unpaired) electrons. The Morgan fingerprint density at radius 1 is 1.36 bits per heavy atom. The van der Waals surface area contributed by atoms with Gasteiger partial charge in [-0.1, -0.05) is 11.6 Å². The number of hydrogen-bond acceptors (Lipinski definition) is 5. The van der Waals surface area contributed by atoms with E-state index in [-0.39, 0.29) is 12.1 Å². The molecule has 0 saturated carbocycles. The molecule has 2 heterocycles. The molecule has 0 spiro atoms. The lowest BCUT2D eigenvalue weighted by atomic mass is 10.2. The zero-order valence-electron chi connectivity index (χ0n) is 13.5. The van der Waals surface area contributed by atoms with Crippen molar-refractivity contribution in [2.24, 2.45) is 0 Å². The third kappa shape index (κ3) is 4.55. The molecule has 0 bridgehead atoms. The molecule has 122 valence electrons. The van der Waals surface area contributed by atoms with Crippen LogP contribution in [0.5, 0.6) is 0 Å². The summed E-state index contributed by atoms with van der Waals surface area (Å²) < 4.78 is 5.45. The van der Waals surface area contributed by atoms with Crippen LogP contribution in [0.15, 0.2) is 12.4 Å². The van der Waals surface area contributed by atoms with Gasteiger partial charge in [-0.25, -0.2) is 9.78 Å². The number of amides is 1. The van der Waals surface area contributed by atoms with Crippen molar-refractivity contribution in [1.29, 1.82) is 0 Å². The van der Waals surface area contributed by atoms with Crippen LogP contribution in [0, 0.1) is 0 Å². The fraction of sp³-hybridized carbons (Fsp3) is 0.667. The molecule has 1 amide bonds. The SMILES string of the molecule is CC1CN(Cc2nccnc2Cl)CCN1C(=O)OC(C)(C)C. The highest BCUT2D eigenvalue weighted by Gasteiger charge is 2.31. The van der Waals surface area contributed by atoms with Gasteiger partial charge in [-0.2, -0.15) is 0 Å². The molecule has 0 aromatic carbocycles. The smallest absolute Gasteiger partial charge is 0.410 e. The molecule has 22 heavy (non-hydrogen) atoms. The number of hydrogen-bond donors (Lipinski definition) is 0. The van der Waals surface area contributed by atoms with Crippen molar-refractivity contribution in [2.75, 3.05) is 19.6 Å². The van der Waals surface area contributed by atoms with Crippen molar-refractivity contribution in [2.45, 2.75) is 45.9 Å². The number of aromatic nitrogens is 2. The number of nitrogens with zero attached hydrogens (tertiary/aromatic N) is 4. The van der Waals surface area contributed by atoms with Gasteiger partial charge in [0.25, 0.3) is 0 Å². The number of halogens is 1. The summed E-state index contributed by atoms with van der Waals surface area (Å²) in [5.41, 5.74) is 0.295. The van der Waals surface area contributed by atoms with Gasteiger partial charge >= 0.3 is 6.09 Å². The number of rotatable bonds is 2. The Balaban J connectivity index is 1.93. The van der Waals surface area contributed by atoms with E-state index in [1.54, 1.807) is 17.3 Å². The molecule has 1 fully saturated rings. The first kappa shape index (κ1) is 17.0. The van der Waals surface area contributed by atoms with Crippen molar-refractivity contribution in [3.63, 3.8) is 0 Å². The topological polar surface area (TPSA) is 58.6 Å². The summed E-state index contributed by atoms with van der Waals surface area (Å²) >= 11 is 6.05. The van der Waals surface area contributed by atoms with Gasteiger partial charge in [0, 0.05) is 44.6 Å². The van der Waals surface area contributed by atoms with Crippen molar-refractivity contribution < 1.29 is 9.53 Å². The molecule has 1 aliphatic heterocycles. The van der Waals surface area contributed by atoms with Crippen LogP contribution >= 0.6 is 11.6 Å². The lowest BCUT2D eigenvalue weighted by Crippen LogP contribution is -2.54. The minimum absolute atomic E-state index is 0.0825. The average molecular weight is 327 g/mol. The summed E-state index contributed by atoms with van der Waals surface area (Å²) in [4.78, 5) is 24.5. The second-order valence-corrected chi connectivity index (χ2v) is 6.91. The van der Waals surface area contributed by atoms with Gasteiger partial charge in [0.1, 0.15) is 5.60 Å². The maximum absolute atomic E-state index is 12.2. The van der Waals surface area contributed by atoms with Crippen LogP contribution in [0.3, 0.4) is 0 Å². The van der Waals surface area contributed by atoms with Crippen molar-refractivity contribution >= 4 is 17.7 Å². The summed E-state index contributed by atoms with van der Waals surface area (Å²) in [6, 6.07) is 0.0825. The van der Waals surface area contributed by atoms with Gasteiger partial charge < -0.3 is 9.64 Å². The van der Waals surface area contributed by atoms with E-state index in [0.29, 0.717) is 18.2 Å². The van der Waals surface area contributed by atoms with Gasteiger partial charge in [-0.05, 0) is 27.7 Å². The maximum atomic E-state index is 12.2. The molecule has 1 aromatic rings. The Kier molecular flexibility index (Phi) is 5.24. The van der Waals surface area contributed by atoms with E-state index in [1.165, 1.54) is 0 Å². The Labute approximate surface area is 136 Å². The molecule has 0 N–H and O–H groups in total. The van der Waals surface area contributed by atoms with Crippen molar-refractivity contribution in [3.05, 3.63) is 23.2 Å². The van der Waals surface area contributed by atoms with Gasteiger partial charge in [-0.15, -0.1) is 0 Å². The quantitative estimate of drug-likeness (QED) is 0.836.